The van der Waals surface area contributed by atoms with Crippen LogP contribution in [0.25, 0.3) is 0 Å². The van der Waals surface area contributed by atoms with Crippen LogP contribution in [0.4, 0.5) is 4.79 Å². The van der Waals surface area contributed by atoms with Crippen LogP contribution in [0, 0.1) is 0 Å². The van der Waals surface area contributed by atoms with Crippen LogP contribution in [0.5, 0.6) is 11.5 Å². The van der Waals surface area contributed by atoms with Crippen LogP contribution in [0.2, 0.25) is 0 Å². The first-order chi connectivity index (χ1) is 11.6. The van der Waals surface area contributed by atoms with Gasteiger partial charge < -0.3 is 19.5 Å². The SMILES string of the molecule is COC(=O)c1ccccc1OC(=O)NCCc1ccc(OC)cc1. The molecule has 2 rings (SSSR count). The van der Waals surface area contributed by atoms with Crippen molar-refractivity contribution in [2.75, 3.05) is 20.8 Å². The van der Waals surface area contributed by atoms with Gasteiger partial charge in [-0.1, -0.05) is 24.3 Å². The van der Waals surface area contributed by atoms with E-state index in [1.165, 1.54) is 19.2 Å². The van der Waals surface area contributed by atoms with Gasteiger partial charge in [-0.2, -0.15) is 0 Å². The average Bonchev–Trinajstić information content (AvgIpc) is 2.62. The Morgan fingerprint density at radius 1 is 1.00 bits per heavy atom. The van der Waals surface area contributed by atoms with Crippen LogP contribution < -0.4 is 14.8 Å². The van der Waals surface area contributed by atoms with E-state index in [4.69, 9.17) is 9.47 Å². The van der Waals surface area contributed by atoms with Crippen molar-refractivity contribution >= 4 is 12.1 Å². The number of nitrogens with one attached hydrogen (secondary N) is 1. The third-order valence-electron chi connectivity index (χ3n) is 3.34. The zero-order chi connectivity index (χ0) is 17.4. The maximum absolute atomic E-state index is 11.9. The number of hydrogen-bond acceptors (Lipinski definition) is 5. The summed E-state index contributed by atoms with van der Waals surface area (Å²) in [7, 11) is 2.88. The molecule has 0 bridgehead atoms. The standard InChI is InChI=1S/C18H19NO5/c1-22-14-9-7-13(8-10-14)11-12-19-18(21)24-16-6-4-3-5-15(16)17(20)23-2/h3-10H,11-12H2,1-2H3,(H,19,21). The zero-order valence-corrected chi connectivity index (χ0v) is 13.6. The number of rotatable bonds is 6. The quantitative estimate of drug-likeness (QED) is 0.825. The molecule has 0 radical (unpaired) electrons. The molecule has 0 aliphatic rings. The number of methoxy groups -OCH3 is 2. The van der Waals surface area contributed by atoms with Crippen LogP contribution in [0.1, 0.15) is 15.9 Å². The summed E-state index contributed by atoms with van der Waals surface area (Å²) in [6.07, 6.45) is 0.0254. The lowest BCUT2D eigenvalue weighted by atomic mass is 10.1. The first-order valence-electron chi connectivity index (χ1n) is 7.40. The van der Waals surface area contributed by atoms with E-state index in [-0.39, 0.29) is 11.3 Å². The topological polar surface area (TPSA) is 73.9 Å². The van der Waals surface area contributed by atoms with E-state index in [1.54, 1.807) is 19.2 Å². The number of carbonyl (C=O) groups excluding carboxylic acids is 2. The monoisotopic (exact) mass is 329 g/mol. The first kappa shape index (κ1) is 17.3. The van der Waals surface area contributed by atoms with Gasteiger partial charge in [-0.25, -0.2) is 9.59 Å². The van der Waals surface area contributed by atoms with Crippen LogP contribution in [-0.4, -0.2) is 32.8 Å². The fourth-order valence-corrected chi connectivity index (χ4v) is 2.07. The number of esters is 1. The molecule has 126 valence electrons. The number of para-hydroxylation sites is 1. The predicted octanol–water partition coefficient (Wildman–Crippen LogP) is 2.81. The smallest absolute Gasteiger partial charge is 0.412 e. The number of amides is 1. The molecule has 6 nitrogen and oxygen atoms in total. The summed E-state index contributed by atoms with van der Waals surface area (Å²) in [4.78, 5) is 23.5. The first-order valence-corrected chi connectivity index (χ1v) is 7.40. The highest BCUT2D eigenvalue weighted by Crippen LogP contribution is 2.18. The third-order valence-corrected chi connectivity index (χ3v) is 3.34. The summed E-state index contributed by atoms with van der Waals surface area (Å²) in [5, 5.41) is 2.65. The predicted molar refractivity (Wildman–Crippen MR) is 88.5 cm³/mol. The van der Waals surface area contributed by atoms with Crippen LogP contribution in [-0.2, 0) is 11.2 Å². The zero-order valence-electron chi connectivity index (χ0n) is 13.6. The van der Waals surface area contributed by atoms with E-state index in [0.717, 1.165) is 11.3 Å². The normalized spacial score (nSPS) is 9.92. The van der Waals surface area contributed by atoms with Gasteiger partial charge in [0.25, 0.3) is 0 Å². The van der Waals surface area contributed by atoms with Crippen molar-refractivity contribution in [2.45, 2.75) is 6.42 Å². The van der Waals surface area contributed by atoms with Crippen LogP contribution in [0.3, 0.4) is 0 Å². The molecule has 2 aromatic carbocycles. The van der Waals surface area contributed by atoms with E-state index in [0.29, 0.717) is 13.0 Å². The van der Waals surface area contributed by atoms with Gasteiger partial charge in [0.2, 0.25) is 0 Å². The fraction of sp³-hybridized carbons (Fsp3) is 0.222. The highest BCUT2D eigenvalue weighted by Gasteiger charge is 2.14. The van der Waals surface area contributed by atoms with E-state index < -0.39 is 12.1 Å². The Kier molecular flexibility index (Phi) is 6.19. The molecule has 0 heterocycles. The van der Waals surface area contributed by atoms with Crippen LogP contribution in [0.15, 0.2) is 48.5 Å². The minimum atomic E-state index is -0.625. The molecule has 24 heavy (non-hydrogen) atoms. The molecule has 0 spiro atoms. The van der Waals surface area contributed by atoms with Crippen molar-refractivity contribution in [2.24, 2.45) is 0 Å². The van der Waals surface area contributed by atoms with Crippen LogP contribution >= 0.6 is 0 Å². The molecular weight excluding hydrogens is 310 g/mol. The molecule has 6 heteroatoms. The Hall–Kier alpha value is -3.02. The summed E-state index contributed by atoms with van der Waals surface area (Å²) in [5.74, 6) is 0.383. The highest BCUT2D eigenvalue weighted by molar-refractivity contribution is 5.93. The molecule has 0 aliphatic heterocycles. The average molecular weight is 329 g/mol. The minimum Gasteiger partial charge on any atom is -0.497 e. The van der Waals surface area contributed by atoms with Crippen molar-refractivity contribution in [1.82, 2.24) is 5.32 Å². The maximum atomic E-state index is 11.9. The summed E-state index contributed by atoms with van der Waals surface area (Å²) < 4.78 is 14.9. The molecule has 0 saturated carbocycles. The van der Waals surface area contributed by atoms with E-state index in [1.807, 2.05) is 24.3 Å². The minimum absolute atomic E-state index is 0.159. The third kappa shape index (κ3) is 4.74. The van der Waals surface area contributed by atoms with Gasteiger partial charge in [0.15, 0.2) is 0 Å². The summed E-state index contributed by atoms with van der Waals surface area (Å²) >= 11 is 0. The van der Waals surface area contributed by atoms with Crippen molar-refractivity contribution in [3.63, 3.8) is 0 Å². The van der Waals surface area contributed by atoms with Gasteiger partial charge in [0, 0.05) is 6.54 Å². The molecule has 0 aromatic heterocycles. The van der Waals surface area contributed by atoms with E-state index in [9.17, 15) is 9.59 Å². The second-order valence-corrected chi connectivity index (χ2v) is 4.90. The number of hydrogen-bond donors (Lipinski definition) is 1. The van der Waals surface area contributed by atoms with Gasteiger partial charge in [0.1, 0.15) is 17.1 Å². The number of carbonyl (C=O) groups is 2. The Bertz CT molecular complexity index is 697. The molecule has 2 aromatic rings. The van der Waals surface area contributed by atoms with E-state index in [2.05, 4.69) is 10.1 Å². The molecule has 0 unspecified atom stereocenters. The maximum Gasteiger partial charge on any atom is 0.412 e. The molecule has 0 saturated heterocycles. The van der Waals surface area contributed by atoms with Crippen molar-refractivity contribution < 1.29 is 23.8 Å². The van der Waals surface area contributed by atoms with Gasteiger partial charge in [0.05, 0.1) is 14.2 Å². The molecule has 0 atom stereocenters. The Labute approximate surface area is 140 Å². The highest BCUT2D eigenvalue weighted by atomic mass is 16.6. The molecule has 0 aliphatic carbocycles. The van der Waals surface area contributed by atoms with E-state index >= 15 is 0 Å². The van der Waals surface area contributed by atoms with Gasteiger partial charge >= 0.3 is 12.1 Å². The second kappa shape index (κ2) is 8.57. The summed E-state index contributed by atoms with van der Waals surface area (Å²) in [5.41, 5.74) is 1.26. The Morgan fingerprint density at radius 3 is 2.38 bits per heavy atom. The number of ether oxygens (including phenoxy) is 3. The Morgan fingerprint density at radius 2 is 1.71 bits per heavy atom. The lowest BCUT2D eigenvalue weighted by molar-refractivity contribution is 0.0598. The lowest BCUT2D eigenvalue weighted by Gasteiger charge is -2.10. The second-order valence-electron chi connectivity index (χ2n) is 4.90. The van der Waals surface area contributed by atoms with Crippen molar-refractivity contribution in [3.8, 4) is 11.5 Å². The van der Waals surface area contributed by atoms with Crippen molar-refractivity contribution in [3.05, 3.63) is 59.7 Å². The van der Waals surface area contributed by atoms with Gasteiger partial charge in [-0.3, -0.25) is 0 Å². The summed E-state index contributed by atoms with van der Waals surface area (Å²) in [6, 6.07) is 14.0. The molecular formula is C18H19NO5. The lowest BCUT2D eigenvalue weighted by Crippen LogP contribution is -2.29. The largest absolute Gasteiger partial charge is 0.497 e. The molecule has 0 fully saturated rings. The summed E-state index contributed by atoms with van der Waals surface area (Å²) in [6.45, 7) is 0.408. The van der Waals surface area contributed by atoms with Crippen molar-refractivity contribution in [1.29, 1.82) is 0 Å². The molecule has 1 N–H and O–H groups in total. The Balaban J connectivity index is 1.86. The number of benzene rings is 2. The van der Waals surface area contributed by atoms with Gasteiger partial charge in [-0.05, 0) is 36.2 Å². The molecule has 1 amide bonds. The fourth-order valence-electron chi connectivity index (χ4n) is 2.07. The van der Waals surface area contributed by atoms with Gasteiger partial charge in [-0.15, -0.1) is 0 Å².